The molecule has 64 valence electrons. The minimum Gasteiger partial charge on any atom is -0.356 e. The maximum absolute atomic E-state index is 10.9. The van der Waals surface area contributed by atoms with Crippen LogP contribution in [0.4, 0.5) is 0 Å². The van der Waals surface area contributed by atoms with E-state index in [1.54, 1.807) is 14.2 Å². The number of hydrogen-bond acceptors (Lipinski definition) is 3. The van der Waals surface area contributed by atoms with Crippen LogP contribution in [0, 0.1) is 0 Å². The number of nitrogens with one attached hydrogen (secondary N) is 1. The Kier molecular flexibility index (Phi) is 2.46. The molecular formula is C7H13NO3. The standard InChI is InChI=1S/C7H13NO3/c1-10-7(11-2)3-4-8-6(9)5-7/h3-5H2,1-2H3,(H,8,9). The first-order valence-corrected chi connectivity index (χ1v) is 3.59. The fraction of sp³-hybridized carbons (Fsp3) is 0.857. The Morgan fingerprint density at radius 2 is 2.09 bits per heavy atom. The van der Waals surface area contributed by atoms with Crippen LogP contribution in [0.15, 0.2) is 0 Å². The van der Waals surface area contributed by atoms with Gasteiger partial charge >= 0.3 is 0 Å². The van der Waals surface area contributed by atoms with Crippen molar-refractivity contribution in [2.45, 2.75) is 18.6 Å². The Bertz CT molecular complexity index is 154. The van der Waals surface area contributed by atoms with Gasteiger partial charge in [0.15, 0.2) is 5.79 Å². The Hall–Kier alpha value is -0.610. The van der Waals surface area contributed by atoms with E-state index in [9.17, 15) is 4.79 Å². The van der Waals surface area contributed by atoms with E-state index in [-0.39, 0.29) is 5.91 Å². The van der Waals surface area contributed by atoms with Crippen LogP contribution >= 0.6 is 0 Å². The number of amides is 1. The van der Waals surface area contributed by atoms with Crippen LogP contribution in [0.25, 0.3) is 0 Å². The van der Waals surface area contributed by atoms with Crippen LogP contribution in [-0.4, -0.2) is 32.5 Å². The molecule has 4 nitrogen and oxygen atoms in total. The van der Waals surface area contributed by atoms with Crippen molar-refractivity contribution in [3.05, 3.63) is 0 Å². The average Bonchev–Trinajstić information content (AvgIpc) is 2.04. The van der Waals surface area contributed by atoms with Gasteiger partial charge in [-0.25, -0.2) is 0 Å². The van der Waals surface area contributed by atoms with E-state index in [1.165, 1.54) is 0 Å². The van der Waals surface area contributed by atoms with Crippen LogP contribution < -0.4 is 5.32 Å². The monoisotopic (exact) mass is 159 g/mol. The van der Waals surface area contributed by atoms with Crippen molar-refractivity contribution in [3.63, 3.8) is 0 Å². The van der Waals surface area contributed by atoms with Gasteiger partial charge in [0.05, 0.1) is 6.42 Å². The van der Waals surface area contributed by atoms with Gasteiger partial charge in [0.1, 0.15) is 0 Å². The number of carbonyl (C=O) groups is 1. The van der Waals surface area contributed by atoms with Gasteiger partial charge in [-0.1, -0.05) is 0 Å². The van der Waals surface area contributed by atoms with E-state index in [0.717, 1.165) is 0 Å². The lowest BCUT2D eigenvalue weighted by molar-refractivity contribution is -0.219. The van der Waals surface area contributed by atoms with Gasteiger partial charge in [0.25, 0.3) is 0 Å². The van der Waals surface area contributed by atoms with Crippen molar-refractivity contribution in [2.24, 2.45) is 0 Å². The smallest absolute Gasteiger partial charge is 0.225 e. The molecule has 0 bridgehead atoms. The summed E-state index contributed by atoms with van der Waals surface area (Å²) in [5, 5.41) is 2.71. The third-order valence-corrected chi connectivity index (χ3v) is 2.00. The number of rotatable bonds is 2. The lowest BCUT2D eigenvalue weighted by Crippen LogP contribution is -2.47. The molecule has 0 atom stereocenters. The fourth-order valence-corrected chi connectivity index (χ4v) is 1.22. The van der Waals surface area contributed by atoms with Crippen molar-refractivity contribution >= 4 is 5.91 Å². The second-order valence-corrected chi connectivity index (χ2v) is 2.60. The van der Waals surface area contributed by atoms with Crippen molar-refractivity contribution in [1.82, 2.24) is 5.32 Å². The zero-order valence-electron chi connectivity index (χ0n) is 6.85. The van der Waals surface area contributed by atoms with E-state index in [4.69, 9.17) is 9.47 Å². The summed E-state index contributed by atoms with van der Waals surface area (Å²) in [5.74, 6) is -0.692. The topological polar surface area (TPSA) is 47.6 Å². The van der Waals surface area contributed by atoms with E-state index in [1.807, 2.05) is 0 Å². The number of hydrogen-bond donors (Lipinski definition) is 1. The van der Waals surface area contributed by atoms with Gasteiger partial charge in [0, 0.05) is 27.2 Å². The third kappa shape index (κ3) is 1.70. The second kappa shape index (κ2) is 3.19. The first-order chi connectivity index (χ1) is 5.22. The second-order valence-electron chi connectivity index (χ2n) is 2.60. The van der Waals surface area contributed by atoms with E-state index >= 15 is 0 Å². The zero-order chi connectivity index (χ0) is 8.32. The first-order valence-electron chi connectivity index (χ1n) is 3.59. The van der Waals surface area contributed by atoms with Crippen molar-refractivity contribution in [2.75, 3.05) is 20.8 Å². The summed E-state index contributed by atoms with van der Waals surface area (Å²) >= 11 is 0. The molecule has 0 spiro atoms. The summed E-state index contributed by atoms with van der Waals surface area (Å²) in [6.45, 7) is 0.626. The van der Waals surface area contributed by atoms with Gasteiger partial charge < -0.3 is 14.8 Å². The van der Waals surface area contributed by atoms with Crippen molar-refractivity contribution < 1.29 is 14.3 Å². The molecule has 1 N–H and O–H groups in total. The molecule has 0 radical (unpaired) electrons. The van der Waals surface area contributed by atoms with Gasteiger partial charge in [-0.15, -0.1) is 0 Å². The van der Waals surface area contributed by atoms with E-state index < -0.39 is 5.79 Å². The quantitative estimate of drug-likeness (QED) is 0.572. The fourth-order valence-electron chi connectivity index (χ4n) is 1.22. The predicted octanol–water partition coefficient (Wildman–Crippen LogP) is -0.114. The molecule has 1 aliphatic heterocycles. The van der Waals surface area contributed by atoms with E-state index in [0.29, 0.717) is 19.4 Å². The van der Waals surface area contributed by atoms with E-state index in [2.05, 4.69) is 5.32 Å². The minimum atomic E-state index is -0.678. The minimum absolute atomic E-state index is 0.0139. The summed E-state index contributed by atoms with van der Waals surface area (Å²) in [5.41, 5.74) is 0. The predicted molar refractivity (Wildman–Crippen MR) is 39.0 cm³/mol. The molecule has 1 rings (SSSR count). The molecule has 4 heteroatoms. The first kappa shape index (κ1) is 8.49. The molecule has 1 fully saturated rings. The summed E-state index contributed by atoms with van der Waals surface area (Å²) < 4.78 is 10.2. The normalized spacial score (nSPS) is 22.9. The van der Waals surface area contributed by atoms with Crippen LogP contribution in [-0.2, 0) is 14.3 Å². The molecule has 0 unspecified atom stereocenters. The maximum Gasteiger partial charge on any atom is 0.225 e. The average molecular weight is 159 g/mol. The number of ether oxygens (including phenoxy) is 2. The van der Waals surface area contributed by atoms with Gasteiger partial charge in [-0.3, -0.25) is 4.79 Å². The molecule has 0 aliphatic carbocycles. The Morgan fingerprint density at radius 1 is 1.45 bits per heavy atom. The van der Waals surface area contributed by atoms with Gasteiger partial charge in [0.2, 0.25) is 5.91 Å². The molecule has 0 aromatic heterocycles. The third-order valence-electron chi connectivity index (χ3n) is 2.00. The summed E-state index contributed by atoms with van der Waals surface area (Å²) in [7, 11) is 3.12. The molecule has 0 aromatic rings. The Labute approximate surface area is 65.9 Å². The molecule has 1 aliphatic rings. The summed E-state index contributed by atoms with van der Waals surface area (Å²) in [4.78, 5) is 10.9. The zero-order valence-corrected chi connectivity index (χ0v) is 6.85. The van der Waals surface area contributed by atoms with Crippen LogP contribution in [0.5, 0.6) is 0 Å². The number of methoxy groups -OCH3 is 2. The van der Waals surface area contributed by atoms with Crippen molar-refractivity contribution in [1.29, 1.82) is 0 Å². The van der Waals surface area contributed by atoms with Crippen LogP contribution in [0.1, 0.15) is 12.8 Å². The molecule has 1 heterocycles. The Balaban J connectivity index is 2.59. The molecule has 11 heavy (non-hydrogen) atoms. The number of carbonyl (C=O) groups excluding carboxylic acids is 1. The highest BCUT2D eigenvalue weighted by atomic mass is 16.7. The summed E-state index contributed by atoms with van der Waals surface area (Å²) in [6.07, 6.45) is 1.01. The van der Waals surface area contributed by atoms with Crippen LogP contribution in [0.3, 0.4) is 0 Å². The molecule has 0 aromatic carbocycles. The molecule has 0 saturated carbocycles. The van der Waals surface area contributed by atoms with Crippen LogP contribution in [0.2, 0.25) is 0 Å². The molecular weight excluding hydrogens is 146 g/mol. The highest BCUT2D eigenvalue weighted by molar-refractivity contribution is 5.77. The summed E-state index contributed by atoms with van der Waals surface area (Å²) in [6, 6.07) is 0. The SMILES string of the molecule is COC1(OC)CCNC(=O)C1. The largest absolute Gasteiger partial charge is 0.356 e. The highest BCUT2D eigenvalue weighted by Gasteiger charge is 2.35. The Morgan fingerprint density at radius 3 is 2.45 bits per heavy atom. The highest BCUT2D eigenvalue weighted by Crippen LogP contribution is 2.22. The lowest BCUT2D eigenvalue weighted by atomic mass is 10.1. The molecule has 1 saturated heterocycles. The lowest BCUT2D eigenvalue weighted by Gasteiger charge is -2.33. The van der Waals surface area contributed by atoms with Gasteiger partial charge in [-0.05, 0) is 0 Å². The molecule has 1 amide bonds. The number of piperidine rings is 1. The maximum atomic E-state index is 10.9. The van der Waals surface area contributed by atoms with Gasteiger partial charge in [-0.2, -0.15) is 0 Å². The van der Waals surface area contributed by atoms with Crippen molar-refractivity contribution in [3.8, 4) is 0 Å².